The molecular weight excluding hydrogens is 310 g/mol. The molecule has 1 atom stereocenters. The van der Waals surface area contributed by atoms with Gasteiger partial charge in [0.25, 0.3) is 0 Å². The molecule has 0 unspecified atom stereocenters. The van der Waals surface area contributed by atoms with E-state index in [2.05, 4.69) is 5.32 Å². The highest BCUT2D eigenvalue weighted by molar-refractivity contribution is 5.80. The van der Waals surface area contributed by atoms with Gasteiger partial charge in [0.15, 0.2) is 11.8 Å². The van der Waals surface area contributed by atoms with E-state index in [1.54, 1.807) is 27.7 Å². The molecule has 9 heteroatoms. The highest BCUT2D eigenvalue weighted by Gasteiger charge is 2.35. The predicted molar refractivity (Wildman–Crippen MR) is 76.7 cm³/mol. The van der Waals surface area contributed by atoms with E-state index in [1.165, 1.54) is 0 Å². The van der Waals surface area contributed by atoms with E-state index in [9.17, 15) is 14.4 Å². The number of aliphatic carboxylic acids is 1. The zero-order valence-corrected chi connectivity index (χ0v) is 13.7. The summed E-state index contributed by atoms with van der Waals surface area (Å²) in [5.74, 6) is -3.09. The van der Waals surface area contributed by atoms with Crippen LogP contribution in [0.3, 0.4) is 0 Å². The largest absolute Gasteiger partial charge is 0.480 e. The molecule has 0 aromatic heterocycles. The number of hydrogen-bond donors (Lipinski definition) is 2. The van der Waals surface area contributed by atoms with Gasteiger partial charge < -0.3 is 29.4 Å². The van der Waals surface area contributed by atoms with Crippen LogP contribution in [0.25, 0.3) is 0 Å². The minimum atomic E-state index is -1.41. The van der Waals surface area contributed by atoms with Gasteiger partial charge in [0, 0.05) is 0 Å². The molecule has 9 nitrogen and oxygen atoms in total. The van der Waals surface area contributed by atoms with Crippen LogP contribution in [-0.4, -0.2) is 60.4 Å². The summed E-state index contributed by atoms with van der Waals surface area (Å²) in [7, 11) is 0. The van der Waals surface area contributed by atoms with E-state index in [0.717, 1.165) is 0 Å². The molecule has 132 valence electrons. The van der Waals surface area contributed by atoms with Gasteiger partial charge in [-0.05, 0) is 27.7 Å². The van der Waals surface area contributed by atoms with E-state index in [0.29, 0.717) is 13.2 Å². The Morgan fingerprint density at radius 2 is 1.83 bits per heavy atom. The second-order valence-electron chi connectivity index (χ2n) is 6.23. The number of esters is 1. The highest BCUT2D eigenvalue weighted by atomic mass is 16.7. The number of carbonyl (C=O) groups excluding carboxylic acids is 2. The molecule has 23 heavy (non-hydrogen) atoms. The third kappa shape index (κ3) is 7.29. The molecule has 0 radical (unpaired) electrons. The van der Waals surface area contributed by atoms with Crippen molar-refractivity contribution in [1.82, 2.24) is 5.32 Å². The average Bonchev–Trinajstić information content (AvgIpc) is 2.78. The first-order valence-corrected chi connectivity index (χ1v) is 7.17. The van der Waals surface area contributed by atoms with E-state index in [-0.39, 0.29) is 6.42 Å². The SMILES string of the molecule is CC(C)(C)OC(=O)N[C@@H](COC(=O)CC1(C)OCCO1)C(=O)O. The van der Waals surface area contributed by atoms with Crippen LogP contribution in [0.4, 0.5) is 4.79 Å². The normalized spacial score (nSPS) is 18.1. The van der Waals surface area contributed by atoms with Crippen LogP contribution in [0.2, 0.25) is 0 Å². The number of amides is 1. The van der Waals surface area contributed by atoms with Crippen LogP contribution in [0.15, 0.2) is 0 Å². The third-order valence-electron chi connectivity index (χ3n) is 2.76. The molecule has 1 amide bonds. The Bertz CT molecular complexity index is 450. The van der Waals surface area contributed by atoms with Gasteiger partial charge in [-0.25, -0.2) is 9.59 Å². The second kappa shape index (κ2) is 7.60. The van der Waals surface area contributed by atoms with Crippen molar-refractivity contribution in [2.75, 3.05) is 19.8 Å². The lowest BCUT2D eigenvalue weighted by atomic mass is 10.2. The maximum absolute atomic E-state index is 11.7. The number of hydrogen-bond acceptors (Lipinski definition) is 7. The Morgan fingerprint density at radius 3 is 2.30 bits per heavy atom. The summed E-state index contributed by atoms with van der Waals surface area (Å²) in [6.45, 7) is 6.75. The minimum absolute atomic E-state index is 0.175. The van der Waals surface area contributed by atoms with E-state index in [4.69, 9.17) is 24.1 Å². The number of rotatable bonds is 6. The topological polar surface area (TPSA) is 120 Å². The first-order valence-electron chi connectivity index (χ1n) is 7.17. The van der Waals surface area contributed by atoms with Gasteiger partial charge in [0.05, 0.1) is 19.6 Å². The van der Waals surface area contributed by atoms with Crippen molar-refractivity contribution < 1.29 is 38.4 Å². The summed E-state index contributed by atoms with van der Waals surface area (Å²) < 4.78 is 20.3. The smallest absolute Gasteiger partial charge is 0.408 e. The van der Waals surface area contributed by atoms with Crippen molar-refractivity contribution in [3.05, 3.63) is 0 Å². The quantitative estimate of drug-likeness (QED) is 0.680. The minimum Gasteiger partial charge on any atom is -0.480 e. The molecule has 0 saturated carbocycles. The van der Waals surface area contributed by atoms with E-state index >= 15 is 0 Å². The lowest BCUT2D eigenvalue weighted by Crippen LogP contribution is -2.46. The lowest BCUT2D eigenvalue weighted by Gasteiger charge is -2.23. The van der Waals surface area contributed by atoms with Gasteiger partial charge in [-0.15, -0.1) is 0 Å². The predicted octanol–water partition coefficient (Wildman–Crippen LogP) is 0.661. The highest BCUT2D eigenvalue weighted by Crippen LogP contribution is 2.22. The molecule has 0 aromatic carbocycles. The van der Waals surface area contributed by atoms with Crippen LogP contribution < -0.4 is 5.32 Å². The van der Waals surface area contributed by atoms with Crippen LogP contribution in [0.1, 0.15) is 34.1 Å². The molecule has 0 bridgehead atoms. The van der Waals surface area contributed by atoms with E-state index in [1.807, 2.05) is 0 Å². The molecule has 1 aliphatic rings. The number of carboxylic acid groups (broad SMARTS) is 1. The fourth-order valence-electron chi connectivity index (χ4n) is 1.77. The number of nitrogens with one attached hydrogen (secondary N) is 1. The first-order chi connectivity index (χ1) is 10.5. The number of ether oxygens (including phenoxy) is 4. The molecule has 1 heterocycles. The molecule has 0 aliphatic carbocycles. The van der Waals surface area contributed by atoms with Crippen LogP contribution in [0.5, 0.6) is 0 Å². The van der Waals surface area contributed by atoms with Gasteiger partial charge >= 0.3 is 18.0 Å². The molecule has 0 spiro atoms. The van der Waals surface area contributed by atoms with Crippen molar-refractivity contribution in [2.45, 2.75) is 51.5 Å². The summed E-state index contributed by atoms with van der Waals surface area (Å²) in [4.78, 5) is 34.4. The zero-order valence-electron chi connectivity index (χ0n) is 13.7. The van der Waals surface area contributed by atoms with Crippen molar-refractivity contribution in [3.8, 4) is 0 Å². The maximum atomic E-state index is 11.7. The fourth-order valence-corrected chi connectivity index (χ4v) is 1.77. The Hall–Kier alpha value is -1.87. The van der Waals surface area contributed by atoms with Crippen molar-refractivity contribution in [1.29, 1.82) is 0 Å². The molecular formula is C14H23NO8. The molecule has 1 saturated heterocycles. The average molecular weight is 333 g/mol. The Kier molecular flexibility index (Phi) is 6.34. The summed E-state index contributed by atoms with van der Waals surface area (Å²) in [6.07, 6.45) is -1.08. The summed E-state index contributed by atoms with van der Waals surface area (Å²) in [5, 5.41) is 11.2. The molecule has 1 rings (SSSR count). The zero-order chi connectivity index (χ0) is 17.7. The molecule has 0 aromatic rings. The maximum Gasteiger partial charge on any atom is 0.408 e. The summed E-state index contributed by atoms with van der Waals surface area (Å²) >= 11 is 0. The van der Waals surface area contributed by atoms with Crippen LogP contribution in [-0.2, 0) is 28.5 Å². The Labute approximate surface area is 134 Å². The Balaban J connectivity index is 2.45. The van der Waals surface area contributed by atoms with E-state index < -0.39 is 42.1 Å². The fraction of sp³-hybridized carbons (Fsp3) is 0.786. The van der Waals surface area contributed by atoms with Crippen molar-refractivity contribution in [2.24, 2.45) is 0 Å². The van der Waals surface area contributed by atoms with Crippen LogP contribution in [0, 0.1) is 0 Å². The monoisotopic (exact) mass is 333 g/mol. The summed E-state index contributed by atoms with van der Waals surface area (Å²) in [6, 6.07) is -1.41. The summed E-state index contributed by atoms with van der Waals surface area (Å²) in [5.41, 5.74) is -0.768. The molecule has 2 N–H and O–H groups in total. The van der Waals surface area contributed by atoms with Gasteiger partial charge in [-0.1, -0.05) is 0 Å². The molecule has 1 fully saturated rings. The third-order valence-corrected chi connectivity index (χ3v) is 2.76. The number of carbonyl (C=O) groups is 3. The first kappa shape index (κ1) is 19.2. The number of carboxylic acids is 1. The van der Waals surface area contributed by atoms with Gasteiger partial charge in [-0.2, -0.15) is 0 Å². The van der Waals surface area contributed by atoms with Gasteiger partial charge in [0.1, 0.15) is 12.2 Å². The van der Waals surface area contributed by atoms with Crippen LogP contribution >= 0.6 is 0 Å². The molecule has 1 aliphatic heterocycles. The second-order valence-corrected chi connectivity index (χ2v) is 6.23. The Morgan fingerprint density at radius 1 is 1.26 bits per heavy atom. The lowest BCUT2D eigenvalue weighted by molar-refractivity contribution is -0.175. The van der Waals surface area contributed by atoms with Gasteiger partial charge in [-0.3, -0.25) is 4.79 Å². The standard InChI is InChI=1S/C14H23NO8/c1-13(2,3)23-12(19)15-9(11(17)18)8-20-10(16)7-14(4)21-5-6-22-14/h9H,5-8H2,1-4H3,(H,15,19)(H,17,18)/t9-/m0/s1. The van der Waals surface area contributed by atoms with Crippen molar-refractivity contribution in [3.63, 3.8) is 0 Å². The van der Waals surface area contributed by atoms with Crippen molar-refractivity contribution >= 4 is 18.0 Å². The number of alkyl carbamates (subject to hydrolysis) is 1. The van der Waals surface area contributed by atoms with Gasteiger partial charge in [0.2, 0.25) is 0 Å².